The van der Waals surface area contributed by atoms with Crippen LogP contribution in [0.3, 0.4) is 0 Å². The Kier molecular flexibility index (Phi) is 3.61. The summed E-state index contributed by atoms with van der Waals surface area (Å²) in [7, 11) is 0. The standard InChI is InChI=1S/C12H11N5O2S/c18-17(19)9-3-1-8(2-4-9)6-20-12-11-10(5-15-16-12)13-7-14-11/h1-5,7,17-18H,6H2,(H,13,14). The molecule has 3 N–H and O–H groups in total. The summed E-state index contributed by atoms with van der Waals surface area (Å²) < 4.78 is 0. The SMILES string of the molecule is [O-][NH+](O)c1ccc(CSc2nncc3[nH]cnc23)cc1. The number of rotatable bonds is 4. The lowest BCUT2D eigenvalue weighted by Crippen LogP contribution is -2.99. The first-order valence-corrected chi connectivity index (χ1v) is 6.82. The van der Waals surface area contributed by atoms with Crippen LogP contribution in [0.5, 0.6) is 0 Å². The first-order valence-electron chi connectivity index (χ1n) is 5.84. The van der Waals surface area contributed by atoms with E-state index in [4.69, 9.17) is 5.21 Å². The van der Waals surface area contributed by atoms with E-state index >= 15 is 0 Å². The first-order chi connectivity index (χ1) is 9.74. The van der Waals surface area contributed by atoms with Crippen LogP contribution in [0, 0.1) is 5.21 Å². The molecule has 0 aliphatic carbocycles. The molecule has 0 bridgehead atoms. The van der Waals surface area contributed by atoms with Gasteiger partial charge < -0.3 is 10.2 Å². The number of nitrogens with one attached hydrogen (secondary N) is 2. The Morgan fingerprint density at radius 1 is 1.30 bits per heavy atom. The fourth-order valence-electron chi connectivity index (χ4n) is 1.75. The lowest BCUT2D eigenvalue weighted by atomic mass is 10.2. The van der Waals surface area contributed by atoms with Gasteiger partial charge in [0, 0.05) is 17.9 Å². The quantitative estimate of drug-likeness (QED) is 0.490. The molecule has 0 radical (unpaired) electrons. The summed E-state index contributed by atoms with van der Waals surface area (Å²) in [6.07, 6.45) is 3.24. The number of hydrogen-bond donors (Lipinski definition) is 3. The van der Waals surface area contributed by atoms with Gasteiger partial charge in [-0.25, -0.2) is 10.2 Å². The summed E-state index contributed by atoms with van der Waals surface area (Å²) >= 11 is 1.52. The molecular formula is C12H11N5O2S. The number of thioether (sulfide) groups is 1. The summed E-state index contributed by atoms with van der Waals surface area (Å²) in [5, 5.41) is 27.4. The number of aromatic amines is 1. The number of quaternary nitrogens is 1. The van der Waals surface area contributed by atoms with Crippen molar-refractivity contribution in [3.63, 3.8) is 0 Å². The Balaban J connectivity index is 1.74. The lowest BCUT2D eigenvalue weighted by Gasteiger charge is -2.11. The molecule has 0 spiro atoms. The van der Waals surface area contributed by atoms with Gasteiger partial charge in [0.25, 0.3) is 0 Å². The molecule has 102 valence electrons. The molecule has 7 nitrogen and oxygen atoms in total. The number of nitrogens with zero attached hydrogens (tertiary/aromatic N) is 3. The lowest BCUT2D eigenvalue weighted by molar-refractivity contribution is -0.991. The van der Waals surface area contributed by atoms with E-state index in [1.54, 1.807) is 36.8 Å². The molecule has 1 atom stereocenters. The Morgan fingerprint density at radius 3 is 2.85 bits per heavy atom. The van der Waals surface area contributed by atoms with Crippen molar-refractivity contribution in [2.75, 3.05) is 0 Å². The molecule has 0 aliphatic rings. The van der Waals surface area contributed by atoms with Crippen LogP contribution in [-0.2, 0) is 5.75 Å². The van der Waals surface area contributed by atoms with Crippen molar-refractivity contribution in [1.29, 1.82) is 0 Å². The maximum Gasteiger partial charge on any atom is 0.163 e. The number of H-pyrrole nitrogens is 1. The molecule has 0 amide bonds. The van der Waals surface area contributed by atoms with Gasteiger partial charge in [-0.15, -0.1) is 5.10 Å². The zero-order valence-electron chi connectivity index (χ0n) is 10.3. The molecular weight excluding hydrogens is 278 g/mol. The molecule has 2 heterocycles. The number of aromatic nitrogens is 4. The summed E-state index contributed by atoms with van der Waals surface area (Å²) in [6, 6.07) is 6.79. The highest BCUT2D eigenvalue weighted by Crippen LogP contribution is 2.25. The summed E-state index contributed by atoms with van der Waals surface area (Å²) in [5.74, 6) is 0.681. The molecule has 0 saturated heterocycles. The van der Waals surface area contributed by atoms with E-state index in [-0.39, 0.29) is 5.69 Å². The van der Waals surface area contributed by atoms with Crippen molar-refractivity contribution in [2.24, 2.45) is 0 Å². The fraction of sp³-hybridized carbons (Fsp3) is 0.0833. The maximum atomic E-state index is 10.8. The van der Waals surface area contributed by atoms with Crippen molar-refractivity contribution in [3.8, 4) is 0 Å². The Labute approximate surface area is 118 Å². The van der Waals surface area contributed by atoms with Gasteiger partial charge >= 0.3 is 0 Å². The van der Waals surface area contributed by atoms with E-state index in [9.17, 15) is 5.21 Å². The highest BCUT2D eigenvalue weighted by atomic mass is 32.2. The Morgan fingerprint density at radius 2 is 2.10 bits per heavy atom. The van der Waals surface area contributed by atoms with Gasteiger partial charge in [-0.1, -0.05) is 23.9 Å². The zero-order valence-corrected chi connectivity index (χ0v) is 11.1. The average Bonchev–Trinajstić information content (AvgIpc) is 2.94. The number of hydrogen-bond acceptors (Lipinski definition) is 6. The van der Waals surface area contributed by atoms with Gasteiger partial charge in [0.1, 0.15) is 10.5 Å². The van der Waals surface area contributed by atoms with Gasteiger partial charge in [-0.3, -0.25) is 0 Å². The highest BCUT2D eigenvalue weighted by Gasteiger charge is 2.07. The first kappa shape index (κ1) is 13.0. The molecule has 20 heavy (non-hydrogen) atoms. The molecule has 2 aromatic heterocycles. The van der Waals surface area contributed by atoms with E-state index < -0.39 is 5.23 Å². The smallest absolute Gasteiger partial charge is 0.163 e. The van der Waals surface area contributed by atoms with Gasteiger partial charge in [0.2, 0.25) is 0 Å². The highest BCUT2D eigenvalue weighted by molar-refractivity contribution is 7.98. The topological polar surface area (TPSA) is 102 Å². The van der Waals surface area contributed by atoms with Crippen molar-refractivity contribution < 1.29 is 10.4 Å². The molecule has 0 fully saturated rings. The summed E-state index contributed by atoms with van der Waals surface area (Å²) in [4.78, 5) is 7.20. The van der Waals surface area contributed by atoms with E-state index in [1.165, 1.54) is 11.8 Å². The third-order valence-electron chi connectivity index (χ3n) is 2.78. The third-order valence-corrected chi connectivity index (χ3v) is 3.81. The molecule has 0 saturated carbocycles. The summed E-state index contributed by atoms with van der Waals surface area (Å²) in [6.45, 7) is 0. The van der Waals surface area contributed by atoms with Crippen LogP contribution in [0.1, 0.15) is 5.56 Å². The fourth-order valence-corrected chi connectivity index (χ4v) is 2.65. The van der Waals surface area contributed by atoms with E-state index in [0.717, 1.165) is 21.6 Å². The molecule has 8 heteroatoms. The normalized spacial score (nSPS) is 12.7. The van der Waals surface area contributed by atoms with Crippen LogP contribution in [0.25, 0.3) is 11.0 Å². The molecule has 0 aliphatic heterocycles. The second-order valence-corrected chi connectivity index (χ2v) is 5.07. The number of imidazole rings is 1. The monoisotopic (exact) mass is 289 g/mol. The van der Waals surface area contributed by atoms with E-state index in [0.29, 0.717) is 5.75 Å². The van der Waals surface area contributed by atoms with Crippen LogP contribution < -0.4 is 5.23 Å². The average molecular weight is 289 g/mol. The van der Waals surface area contributed by atoms with Crippen molar-refractivity contribution in [3.05, 3.63) is 47.6 Å². The Bertz CT molecular complexity index is 713. The molecule has 3 rings (SSSR count). The van der Waals surface area contributed by atoms with Gasteiger partial charge in [-0.05, 0) is 5.56 Å². The summed E-state index contributed by atoms with van der Waals surface area (Å²) in [5.41, 5.74) is 2.96. The van der Waals surface area contributed by atoms with Crippen LogP contribution in [0.2, 0.25) is 0 Å². The van der Waals surface area contributed by atoms with E-state index in [2.05, 4.69) is 20.2 Å². The van der Waals surface area contributed by atoms with Crippen LogP contribution in [-0.4, -0.2) is 25.4 Å². The third kappa shape index (κ3) is 2.63. The van der Waals surface area contributed by atoms with Crippen LogP contribution >= 0.6 is 11.8 Å². The molecule has 1 aromatic carbocycles. The minimum Gasteiger partial charge on any atom is -0.595 e. The predicted octanol–water partition coefficient (Wildman–Crippen LogP) is 1.05. The van der Waals surface area contributed by atoms with Crippen molar-refractivity contribution in [1.82, 2.24) is 20.2 Å². The van der Waals surface area contributed by atoms with Crippen molar-refractivity contribution in [2.45, 2.75) is 10.8 Å². The zero-order chi connectivity index (χ0) is 13.9. The van der Waals surface area contributed by atoms with Crippen LogP contribution in [0.4, 0.5) is 5.69 Å². The largest absolute Gasteiger partial charge is 0.595 e. The second kappa shape index (κ2) is 5.55. The molecule has 1 unspecified atom stereocenters. The minimum atomic E-state index is -0.920. The van der Waals surface area contributed by atoms with Gasteiger partial charge in [-0.2, -0.15) is 10.3 Å². The predicted molar refractivity (Wildman–Crippen MR) is 73.5 cm³/mol. The van der Waals surface area contributed by atoms with Gasteiger partial charge in [0.15, 0.2) is 5.69 Å². The second-order valence-electron chi connectivity index (χ2n) is 4.11. The maximum absolute atomic E-state index is 10.8. The van der Waals surface area contributed by atoms with Crippen LogP contribution in [0.15, 0.2) is 41.8 Å². The Hall–Kier alpha value is -2.00. The molecule has 3 aromatic rings. The van der Waals surface area contributed by atoms with Gasteiger partial charge in [0.05, 0.1) is 18.0 Å². The van der Waals surface area contributed by atoms with Crippen molar-refractivity contribution >= 4 is 28.5 Å². The number of fused-ring (bicyclic) bond motifs is 1. The van der Waals surface area contributed by atoms with E-state index in [1.807, 2.05) is 0 Å². The minimum absolute atomic E-state index is 0.285. The number of benzene rings is 1.